The molecule has 1 aromatic heterocycles. The average molecular weight is 433 g/mol. The van der Waals surface area contributed by atoms with Gasteiger partial charge in [-0.05, 0) is 6.07 Å². The van der Waals surface area contributed by atoms with E-state index < -0.39 is 5.91 Å². The zero-order valence-electron chi connectivity index (χ0n) is 16.6. The molecular formula is C23H19N3O4S. The largest absolute Gasteiger partial charge is 0.379 e. The highest BCUT2D eigenvalue weighted by atomic mass is 32.1. The smallest absolute Gasteiger partial charge is 0.275 e. The molecule has 7 nitrogen and oxygen atoms in total. The summed E-state index contributed by atoms with van der Waals surface area (Å²) in [6.07, 6.45) is 0. The van der Waals surface area contributed by atoms with E-state index in [0.717, 1.165) is 18.1 Å². The third kappa shape index (κ3) is 3.69. The van der Waals surface area contributed by atoms with E-state index in [4.69, 9.17) is 4.74 Å². The lowest BCUT2D eigenvalue weighted by molar-refractivity contribution is 0.0341. The fraction of sp³-hybridized carbons (Fsp3) is 0.217. The van der Waals surface area contributed by atoms with Crippen LogP contribution in [-0.4, -0.2) is 53.7 Å². The summed E-state index contributed by atoms with van der Waals surface area (Å²) in [7, 11) is 0. The average Bonchev–Trinajstić information content (AvgIpc) is 3.27. The first-order valence-corrected chi connectivity index (χ1v) is 10.9. The number of aromatic nitrogens is 1. The molecule has 3 aromatic rings. The molecule has 8 heteroatoms. The highest BCUT2D eigenvalue weighted by Crippen LogP contribution is 2.32. The molecule has 1 aliphatic heterocycles. The van der Waals surface area contributed by atoms with Gasteiger partial charge in [0.1, 0.15) is 10.7 Å². The van der Waals surface area contributed by atoms with E-state index in [1.165, 1.54) is 11.3 Å². The van der Waals surface area contributed by atoms with E-state index >= 15 is 0 Å². The molecule has 1 amide bonds. The number of hydrogen-bond donors (Lipinski definition) is 1. The molecule has 31 heavy (non-hydrogen) atoms. The molecule has 2 heterocycles. The maximum Gasteiger partial charge on any atom is 0.275 e. The van der Waals surface area contributed by atoms with Crippen LogP contribution in [0.3, 0.4) is 0 Å². The maximum atomic E-state index is 13.1. The van der Waals surface area contributed by atoms with Gasteiger partial charge in [-0.3, -0.25) is 19.3 Å². The van der Waals surface area contributed by atoms with Crippen molar-refractivity contribution < 1.29 is 19.1 Å². The molecule has 156 valence electrons. The molecule has 2 aliphatic rings. The zero-order chi connectivity index (χ0) is 21.4. The zero-order valence-corrected chi connectivity index (χ0v) is 17.4. The normalized spacial score (nSPS) is 16.0. The van der Waals surface area contributed by atoms with Gasteiger partial charge in [0.15, 0.2) is 11.6 Å². The van der Waals surface area contributed by atoms with Crippen LogP contribution in [0.1, 0.15) is 47.3 Å². The van der Waals surface area contributed by atoms with Crippen LogP contribution >= 0.6 is 11.3 Å². The SMILES string of the molecule is O=C(Nc1cccc2c1C(=O)c1ccccc1C2=O)c1csc(CN2CCOCC2)n1. The summed E-state index contributed by atoms with van der Waals surface area (Å²) in [4.78, 5) is 45.5. The Labute approximate surface area is 182 Å². The molecule has 1 fully saturated rings. The van der Waals surface area contributed by atoms with Gasteiger partial charge in [-0.25, -0.2) is 4.98 Å². The van der Waals surface area contributed by atoms with Crippen LogP contribution in [0.15, 0.2) is 47.8 Å². The quantitative estimate of drug-likeness (QED) is 0.532. The number of benzene rings is 2. The summed E-state index contributed by atoms with van der Waals surface area (Å²) >= 11 is 1.43. The highest BCUT2D eigenvalue weighted by Gasteiger charge is 2.31. The van der Waals surface area contributed by atoms with Crippen LogP contribution in [0.5, 0.6) is 0 Å². The van der Waals surface area contributed by atoms with Gasteiger partial charge in [0.2, 0.25) is 0 Å². The number of carbonyl (C=O) groups excluding carboxylic acids is 3. The Morgan fingerprint density at radius 1 is 1.00 bits per heavy atom. The fourth-order valence-electron chi connectivity index (χ4n) is 3.87. The summed E-state index contributed by atoms with van der Waals surface area (Å²) in [5.74, 6) is -0.896. The van der Waals surface area contributed by atoms with Gasteiger partial charge in [-0.2, -0.15) is 0 Å². The summed E-state index contributed by atoms with van der Waals surface area (Å²) in [6, 6.07) is 11.7. The lowest BCUT2D eigenvalue weighted by Gasteiger charge is -2.25. The van der Waals surface area contributed by atoms with Crippen LogP contribution in [0.25, 0.3) is 0 Å². The number of rotatable bonds is 4. The monoisotopic (exact) mass is 433 g/mol. The molecule has 0 bridgehead atoms. The van der Waals surface area contributed by atoms with Crippen LogP contribution in [-0.2, 0) is 11.3 Å². The van der Waals surface area contributed by atoms with Crippen molar-refractivity contribution >= 4 is 34.5 Å². The van der Waals surface area contributed by atoms with Crippen molar-refractivity contribution in [3.63, 3.8) is 0 Å². The molecular weight excluding hydrogens is 414 g/mol. The molecule has 0 atom stereocenters. The van der Waals surface area contributed by atoms with Crippen molar-refractivity contribution in [2.24, 2.45) is 0 Å². The molecule has 5 rings (SSSR count). The third-order valence-electron chi connectivity index (χ3n) is 5.45. The first-order valence-electron chi connectivity index (χ1n) is 9.99. The molecule has 0 saturated carbocycles. The van der Waals surface area contributed by atoms with Gasteiger partial charge in [0, 0.05) is 35.2 Å². The highest BCUT2D eigenvalue weighted by molar-refractivity contribution is 7.09. The summed E-state index contributed by atoms with van der Waals surface area (Å²) < 4.78 is 5.36. The van der Waals surface area contributed by atoms with E-state index in [2.05, 4.69) is 15.2 Å². The second kappa shape index (κ2) is 8.14. The molecule has 1 aliphatic carbocycles. The minimum absolute atomic E-state index is 0.220. The second-order valence-corrected chi connectivity index (χ2v) is 8.34. The standard InChI is InChI=1S/C23H19N3O4S/c27-21-14-4-1-2-5-15(14)22(28)20-16(21)6-3-7-17(20)25-23(29)18-13-31-19(24-18)12-26-8-10-30-11-9-26/h1-7,13H,8-12H2,(H,25,29). The Balaban J connectivity index is 1.38. The first-order chi connectivity index (χ1) is 15.1. The number of amides is 1. The topological polar surface area (TPSA) is 88.6 Å². The van der Waals surface area contributed by atoms with Crippen LogP contribution in [0.4, 0.5) is 5.69 Å². The number of nitrogens with zero attached hydrogens (tertiary/aromatic N) is 2. The predicted molar refractivity (Wildman–Crippen MR) is 116 cm³/mol. The van der Waals surface area contributed by atoms with Gasteiger partial charge < -0.3 is 10.1 Å². The number of fused-ring (bicyclic) bond motifs is 2. The number of ketones is 2. The Bertz CT molecular complexity index is 1200. The Morgan fingerprint density at radius 2 is 1.71 bits per heavy atom. The molecule has 0 spiro atoms. The summed E-state index contributed by atoms with van der Waals surface area (Å²) in [6.45, 7) is 3.76. The van der Waals surface area contributed by atoms with E-state index in [1.807, 2.05) is 0 Å². The Kier molecular flexibility index (Phi) is 5.19. The summed E-state index contributed by atoms with van der Waals surface area (Å²) in [5, 5.41) is 5.34. The lowest BCUT2D eigenvalue weighted by atomic mass is 9.83. The van der Waals surface area contributed by atoms with Crippen LogP contribution < -0.4 is 5.32 Å². The molecule has 2 aromatic carbocycles. The van der Waals surface area contributed by atoms with Gasteiger partial charge >= 0.3 is 0 Å². The van der Waals surface area contributed by atoms with Crippen molar-refractivity contribution in [1.82, 2.24) is 9.88 Å². The molecule has 0 radical (unpaired) electrons. The van der Waals surface area contributed by atoms with Crippen molar-refractivity contribution in [3.05, 3.63) is 80.8 Å². The molecule has 1 N–H and O–H groups in total. The number of hydrogen-bond acceptors (Lipinski definition) is 7. The maximum absolute atomic E-state index is 13.1. The van der Waals surface area contributed by atoms with Crippen molar-refractivity contribution in [2.75, 3.05) is 31.6 Å². The number of carbonyl (C=O) groups is 3. The minimum atomic E-state index is -0.406. The number of ether oxygens (including phenoxy) is 1. The van der Waals surface area contributed by atoms with Gasteiger partial charge in [0.05, 0.1) is 31.0 Å². The predicted octanol–water partition coefficient (Wildman–Crippen LogP) is 3.00. The number of nitrogens with one attached hydrogen (secondary N) is 1. The van der Waals surface area contributed by atoms with Gasteiger partial charge in [-0.15, -0.1) is 11.3 Å². The second-order valence-electron chi connectivity index (χ2n) is 7.40. The van der Waals surface area contributed by atoms with E-state index in [0.29, 0.717) is 47.8 Å². The summed E-state index contributed by atoms with van der Waals surface area (Å²) in [5.41, 5.74) is 1.87. The van der Waals surface area contributed by atoms with Crippen molar-refractivity contribution in [3.8, 4) is 0 Å². The van der Waals surface area contributed by atoms with E-state index in [1.54, 1.807) is 47.8 Å². The Hall–Kier alpha value is -3.20. The Morgan fingerprint density at radius 3 is 2.48 bits per heavy atom. The first kappa shape index (κ1) is 19.7. The van der Waals surface area contributed by atoms with E-state index in [9.17, 15) is 14.4 Å². The molecule has 0 unspecified atom stereocenters. The number of morpholine rings is 1. The van der Waals surface area contributed by atoms with Crippen LogP contribution in [0.2, 0.25) is 0 Å². The lowest BCUT2D eigenvalue weighted by Crippen LogP contribution is -2.35. The van der Waals surface area contributed by atoms with E-state index in [-0.39, 0.29) is 17.1 Å². The number of thiazole rings is 1. The van der Waals surface area contributed by atoms with Gasteiger partial charge in [0.25, 0.3) is 5.91 Å². The van der Waals surface area contributed by atoms with Crippen molar-refractivity contribution in [2.45, 2.75) is 6.54 Å². The number of anilines is 1. The van der Waals surface area contributed by atoms with Gasteiger partial charge in [-0.1, -0.05) is 36.4 Å². The minimum Gasteiger partial charge on any atom is -0.379 e. The third-order valence-corrected chi connectivity index (χ3v) is 6.28. The molecule has 1 saturated heterocycles. The fourth-order valence-corrected chi connectivity index (χ4v) is 4.69. The van der Waals surface area contributed by atoms with Crippen LogP contribution in [0, 0.1) is 0 Å². The van der Waals surface area contributed by atoms with Crippen molar-refractivity contribution in [1.29, 1.82) is 0 Å².